The van der Waals surface area contributed by atoms with E-state index < -0.39 is 17.1 Å². The van der Waals surface area contributed by atoms with Crippen LogP contribution in [0.15, 0.2) is 17.2 Å². The molecule has 2 rings (SSSR count). The van der Waals surface area contributed by atoms with Gasteiger partial charge < -0.3 is 15.4 Å². The number of nitrogens with zero attached hydrogens (tertiary/aromatic N) is 1. The van der Waals surface area contributed by atoms with Crippen molar-refractivity contribution in [1.82, 2.24) is 9.97 Å². The van der Waals surface area contributed by atoms with E-state index in [1.165, 1.54) is 12.4 Å². The minimum atomic E-state index is -1.03. The van der Waals surface area contributed by atoms with Gasteiger partial charge in [-0.25, -0.2) is 9.78 Å². The zero-order valence-electron chi connectivity index (χ0n) is 8.69. The predicted molar refractivity (Wildman–Crippen MR) is 57.3 cm³/mol. The van der Waals surface area contributed by atoms with Crippen LogP contribution in [-0.2, 0) is 4.79 Å². The number of aliphatic carboxylic acids is 1. The summed E-state index contributed by atoms with van der Waals surface area (Å²) in [7, 11) is 0. The quantitative estimate of drug-likeness (QED) is 0.696. The Morgan fingerprint density at radius 1 is 1.50 bits per heavy atom. The highest BCUT2D eigenvalue weighted by molar-refractivity contribution is 5.82. The number of hydrogen-bond donors (Lipinski definition) is 3. The van der Waals surface area contributed by atoms with Crippen LogP contribution < -0.4 is 10.9 Å². The lowest BCUT2D eigenvalue weighted by Gasteiger charge is -2.25. The fourth-order valence-electron chi connectivity index (χ4n) is 2.04. The number of anilines is 1. The van der Waals surface area contributed by atoms with Crippen molar-refractivity contribution in [2.24, 2.45) is 0 Å². The maximum Gasteiger partial charge on any atom is 0.329 e. The fraction of sp³-hybridized carbons (Fsp3) is 0.500. The molecule has 0 atom stereocenters. The lowest BCUT2D eigenvalue weighted by atomic mass is 9.98. The van der Waals surface area contributed by atoms with Gasteiger partial charge in [0, 0.05) is 12.4 Å². The first kappa shape index (κ1) is 10.7. The Kier molecular flexibility index (Phi) is 2.64. The Bertz CT molecular complexity index is 449. The van der Waals surface area contributed by atoms with Gasteiger partial charge in [0.25, 0.3) is 5.56 Å². The number of nitrogens with one attached hydrogen (secondary N) is 2. The Labute approximate surface area is 91.7 Å². The largest absolute Gasteiger partial charge is 0.480 e. The summed E-state index contributed by atoms with van der Waals surface area (Å²) in [5.41, 5.74) is -1.42. The third kappa shape index (κ3) is 1.78. The van der Waals surface area contributed by atoms with Crippen molar-refractivity contribution in [3.05, 3.63) is 22.7 Å². The summed E-state index contributed by atoms with van der Waals surface area (Å²) in [6.45, 7) is 0. The van der Waals surface area contributed by atoms with Gasteiger partial charge in [-0.2, -0.15) is 0 Å². The molecule has 0 radical (unpaired) electrons. The van der Waals surface area contributed by atoms with Gasteiger partial charge in [0.2, 0.25) is 0 Å². The van der Waals surface area contributed by atoms with Gasteiger partial charge in [0.15, 0.2) is 5.82 Å². The number of aromatic amines is 1. The molecule has 0 saturated heterocycles. The molecule has 1 saturated carbocycles. The number of aromatic nitrogens is 2. The molecule has 3 N–H and O–H groups in total. The molecule has 0 aromatic carbocycles. The van der Waals surface area contributed by atoms with Crippen molar-refractivity contribution >= 4 is 11.8 Å². The van der Waals surface area contributed by atoms with Crippen molar-refractivity contribution in [3.63, 3.8) is 0 Å². The van der Waals surface area contributed by atoms with Crippen molar-refractivity contribution in [1.29, 1.82) is 0 Å². The summed E-state index contributed by atoms with van der Waals surface area (Å²) in [5, 5.41) is 12.0. The molecule has 0 amide bonds. The van der Waals surface area contributed by atoms with Crippen LogP contribution in [0.25, 0.3) is 0 Å². The average Bonchev–Trinajstić information content (AvgIpc) is 2.71. The normalized spacial score (nSPS) is 18.2. The third-order valence-electron chi connectivity index (χ3n) is 2.93. The second kappa shape index (κ2) is 3.96. The fourth-order valence-corrected chi connectivity index (χ4v) is 2.04. The summed E-state index contributed by atoms with van der Waals surface area (Å²) in [6.07, 6.45) is 5.59. The Hall–Kier alpha value is -1.85. The molecule has 0 aliphatic heterocycles. The first-order valence-corrected chi connectivity index (χ1v) is 5.19. The molecule has 1 aromatic rings. The van der Waals surface area contributed by atoms with Gasteiger partial charge >= 0.3 is 5.97 Å². The predicted octanol–water partition coefficient (Wildman–Crippen LogP) is 0.579. The van der Waals surface area contributed by atoms with Crippen LogP contribution in [0.5, 0.6) is 0 Å². The first-order valence-electron chi connectivity index (χ1n) is 5.19. The molecule has 0 unspecified atom stereocenters. The SMILES string of the molecule is O=C(O)C1(Nc2ncc[nH]c2=O)CCCC1. The maximum absolute atomic E-state index is 11.4. The maximum atomic E-state index is 11.4. The molecule has 1 aliphatic carbocycles. The molecule has 1 fully saturated rings. The van der Waals surface area contributed by atoms with Crippen LogP contribution in [0.1, 0.15) is 25.7 Å². The van der Waals surface area contributed by atoms with Gasteiger partial charge in [-0.05, 0) is 12.8 Å². The first-order chi connectivity index (χ1) is 7.64. The summed E-state index contributed by atoms with van der Waals surface area (Å²) < 4.78 is 0. The van der Waals surface area contributed by atoms with Crippen LogP contribution in [0.3, 0.4) is 0 Å². The van der Waals surface area contributed by atoms with Crippen molar-refractivity contribution in [3.8, 4) is 0 Å². The minimum Gasteiger partial charge on any atom is -0.480 e. The lowest BCUT2D eigenvalue weighted by molar-refractivity contribution is -0.142. The van der Waals surface area contributed by atoms with Gasteiger partial charge in [0.1, 0.15) is 5.54 Å². The smallest absolute Gasteiger partial charge is 0.329 e. The average molecular weight is 223 g/mol. The van der Waals surface area contributed by atoms with Crippen molar-refractivity contribution in [2.45, 2.75) is 31.2 Å². The van der Waals surface area contributed by atoms with Crippen LogP contribution in [0.4, 0.5) is 5.82 Å². The van der Waals surface area contributed by atoms with Crippen LogP contribution >= 0.6 is 0 Å². The van der Waals surface area contributed by atoms with E-state index in [0.29, 0.717) is 12.8 Å². The van der Waals surface area contributed by atoms with Gasteiger partial charge in [-0.15, -0.1) is 0 Å². The number of carboxylic acid groups (broad SMARTS) is 1. The third-order valence-corrected chi connectivity index (χ3v) is 2.93. The van der Waals surface area contributed by atoms with E-state index in [1.807, 2.05) is 0 Å². The number of hydrogen-bond acceptors (Lipinski definition) is 4. The van der Waals surface area contributed by atoms with E-state index in [0.717, 1.165) is 12.8 Å². The number of rotatable bonds is 3. The summed E-state index contributed by atoms with van der Waals surface area (Å²) in [5.74, 6) is -0.846. The molecule has 86 valence electrons. The molecule has 16 heavy (non-hydrogen) atoms. The second-order valence-electron chi connectivity index (χ2n) is 3.99. The molecule has 1 aliphatic rings. The van der Waals surface area contributed by atoms with E-state index in [2.05, 4.69) is 15.3 Å². The zero-order chi connectivity index (χ0) is 11.6. The standard InChI is InChI=1S/C10H13N3O3/c14-8-7(11-5-6-12-8)13-10(9(15)16)3-1-2-4-10/h5-6H,1-4H2,(H,11,13)(H,12,14)(H,15,16). The van der Waals surface area contributed by atoms with E-state index in [4.69, 9.17) is 0 Å². The topological polar surface area (TPSA) is 95.1 Å². The molecule has 1 aromatic heterocycles. The Morgan fingerprint density at radius 3 is 2.75 bits per heavy atom. The highest BCUT2D eigenvalue weighted by atomic mass is 16.4. The van der Waals surface area contributed by atoms with Crippen molar-refractivity contribution < 1.29 is 9.90 Å². The van der Waals surface area contributed by atoms with Crippen LogP contribution in [-0.4, -0.2) is 26.6 Å². The van der Waals surface area contributed by atoms with Crippen LogP contribution in [0, 0.1) is 0 Å². The molecule has 6 nitrogen and oxygen atoms in total. The van der Waals surface area contributed by atoms with Gasteiger partial charge in [-0.1, -0.05) is 12.8 Å². The van der Waals surface area contributed by atoms with Crippen LogP contribution in [0.2, 0.25) is 0 Å². The summed E-state index contributed by atoms with van der Waals surface area (Å²) in [4.78, 5) is 28.9. The molecule has 0 spiro atoms. The Balaban J connectivity index is 2.28. The van der Waals surface area contributed by atoms with Crippen molar-refractivity contribution in [2.75, 3.05) is 5.32 Å². The zero-order valence-corrected chi connectivity index (χ0v) is 8.69. The number of carboxylic acids is 1. The number of carbonyl (C=O) groups is 1. The molecule has 0 bridgehead atoms. The Morgan fingerprint density at radius 2 is 2.19 bits per heavy atom. The van der Waals surface area contributed by atoms with E-state index in [1.54, 1.807) is 0 Å². The molecular formula is C10H13N3O3. The van der Waals surface area contributed by atoms with E-state index in [9.17, 15) is 14.7 Å². The highest BCUT2D eigenvalue weighted by Gasteiger charge is 2.41. The molecule has 6 heteroatoms. The molecular weight excluding hydrogens is 210 g/mol. The van der Waals surface area contributed by atoms with E-state index in [-0.39, 0.29) is 5.82 Å². The minimum absolute atomic E-state index is 0.0757. The van der Waals surface area contributed by atoms with Gasteiger partial charge in [0.05, 0.1) is 0 Å². The van der Waals surface area contributed by atoms with Gasteiger partial charge in [-0.3, -0.25) is 4.79 Å². The van der Waals surface area contributed by atoms with E-state index >= 15 is 0 Å². The lowest BCUT2D eigenvalue weighted by Crippen LogP contribution is -2.45. The summed E-state index contributed by atoms with van der Waals surface area (Å²) >= 11 is 0. The monoisotopic (exact) mass is 223 g/mol. The molecule has 1 heterocycles. The second-order valence-corrected chi connectivity index (χ2v) is 3.99. The highest BCUT2D eigenvalue weighted by Crippen LogP contribution is 2.32. The summed E-state index contributed by atoms with van der Waals surface area (Å²) in [6, 6.07) is 0. The number of H-pyrrole nitrogens is 1.